The van der Waals surface area contributed by atoms with E-state index in [1.165, 1.54) is 16.1 Å². The molecule has 2 heterocycles. The van der Waals surface area contributed by atoms with Crippen molar-refractivity contribution in [1.82, 2.24) is 10.6 Å². The molecule has 23 heavy (non-hydrogen) atoms. The minimum Gasteiger partial charge on any atom is -0.364 e. The van der Waals surface area contributed by atoms with Crippen molar-refractivity contribution in [3.05, 3.63) is 64.4 Å². The Hall–Kier alpha value is -2.27. The van der Waals surface area contributed by atoms with Crippen molar-refractivity contribution in [2.24, 2.45) is 4.99 Å². The highest BCUT2D eigenvalue weighted by atomic mass is 32.1. The summed E-state index contributed by atoms with van der Waals surface area (Å²) < 4.78 is 0. The van der Waals surface area contributed by atoms with Crippen LogP contribution in [0.4, 0.5) is 5.69 Å². The Morgan fingerprint density at radius 2 is 1.83 bits per heavy atom. The van der Waals surface area contributed by atoms with Gasteiger partial charge in [-0.05, 0) is 29.1 Å². The number of thiophene rings is 1. The molecule has 0 unspecified atom stereocenters. The minimum atomic E-state index is 0.767. The number of hydrogen-bond donors (Lipinski definition) is 2. The Balaban J connectivity index is 1.48. The lowest BCUT2D eigenvalue weighted by Gasteiger charge is -2.18. The van der Waals surface area contributed by atoms with Crippen LogP contribution in [0.5, 0.6) is 0 Å². The lowest BCUT2D eigenvalue weighted by molar-refractivity contribution is 0.815. The van der Waals surface area contributed by atoms with E-state index in [4.69, 9.17) is 0 Å². The summed E-state index contributed by atoms with van der Waals surface area (Å²) in [6.45, 7) is 3.59. The molecule has 2 N–H and O–H groups in total. The van der Waals surface area contributed by atoms with Gasteiger partial charge in [-0.2, -0.15) is 0 Å². The van der Waals surface area contributed by atoms with Gasteiger partial charge in [-0.1, -0.05) is 30.4 Å². The molecule has 5 heteroatoms. The van der Waals surface area contributed by atoms with Crippen LogP contribution in [0, 0.1) is 0 Å². The van der Waals surface area contributed by atoms with E-state index in [0.29, 0.717) is 0 Å². The molecule has 0 amide bonds. The molecule has 0 spiro atoms. The largest absolute Gasteiger partial charge is 0.364 e. The second kappa shape index (κ2) is 7.83. The molecule has 1 aromatic heterocycles. The minimum absolute atomic E-state index is 0.767. The van der Waals surface area contributed by atoms with Crippen molar-refractivity contribution in [2.45, 2.75) is 13.1 Å². The highest BCUT2D eigenvalue weighted by Gasteiger charge is 2.07. The summed E-state index contributed by atoms with van der Waals surface area (Å²) in [5.74, 6) is 0.825. The van der Waals surface area contributed by atoms with Crippen LogP contribution in [-0.4, -0.2) is 26.1 Å². The molecule has 1 aliphatic heterocycles. The van der Waals surface area contributed by atoms with Crippen LogP contribution < -0.4 is 15.5 Å². The van der Waals surface area contributed by atoms with Crippen LogP contribution in [0.1, 0.15) is 10.4 Å². The van der Waals surface area contributed by atoms with Gasteiger partial charge in [0.2, 0.25) is 0 Å². The Morgan fingerprint density at radius 1 is 1.09 bits per heavy atom. The van der Waals surface area contributed by atoms with Gasteiger partial charge >= 0.3 is 0 Å². The molecule has 1 aromatic carbocycles. The SMILES string of the molecule is CN=C(NCc1ccc(N2CC=CC2)cc1)NCc1cccs1. The highest BCUT2D eigenvalue weighted by Crippen LogP contribution is 2.17. The van der Waals surface area contributed by atoms with E-state index in [0.717, 1.165) is 32.1 Å². The molecule has 2 aromatic rings. The van der Waals surface area contributed by atoms with Gasteiger partial charge < -0.3 is 15.5 Å². The maximum absolute atomic E-state index is 4.27. The summed E-state index contributed by atoms with van der Waals surface area (Å²) in [4.78, 5) is 7.91. The molecule has 0 atom stereocenters. The first kappa shape index (κ1) is 15.6. The fraction of sp³-hybridized carbons (Fsp3) is 0.278. The number of benzene rings is 1. The third-order valence-corrected chi connectivity index (χ3v) is 4.69. The molecule has 120 valence electrons. The number of nitrogens with one attached hydrogen (secondary N) is 2. The van der Waals surface area contributed by atoms with Gasteiger partial charge in [-0.25, -0.2) is 0 Å². The maximum Gasteiger partial charge on any atom is 0.191 e. The summed E-state index contributed by atoms with van der Waals surface area (Å²) in [6.07, 6.45) is 4.41. The first-order valence-electron chi connectivity index (χ1n) is 7.81. The van der Waals surface area contributed by atoms with Gasteiger partial charge in [0, 0.05) is 37.2 Å². The summed E-state index contributed by atoms with van der Waals surface area (Å²) >= 11 is 1.75. The van der Waals surface area contributed by atoms with Gasteiger partial charge in [-0.3, -0.25) is 4.99 Å². The average Bonchev–Trinajstić information content (AvgIpc) is 3.29. The highest BCUT2D eigenvalue weighted by molar-refractivity contribution is 7.09. The first-order valence-corrected chi connectivity index (χ1v) is 8.69. The van der Waals surface area contributed by atoms with Crippen molar-refractivity contribution in [3.8, 4) is 0 Å². The Morgan fingerprint density at radius 3 is 2.48 bits per heavy atom. The zero-order chi connectivity index (χ0) is 15.9. The monoisotopic (exact) mass is 326 g/mol. The zero-order valence-electron chi connectivity index (χ0n) is 13.3. The zero-order valence-corrected chi connectivity index (χ0v) is 14.1. The smallest absolute Gasteiger partial charge is 0.191 e. The summed E-state index contributed by atoms with van der Waals surface area (Å²) in [7, 11) is 1.80. The van der Waals surface area contributed by atoms with Crippen LogP contribution in [-0.2, 0) is 13.1 Å². The van der Waals surface area contributed by atoms with Gasteiger partial charge in [0.25, 0.3) is 0 Å². The quantitative estimate of drug-likeness (QED) is 0.504. The van der Waals surface area contributed by atoms with Crippen LogP contribution in [0.15, 0.2) is 58.9 Å². The Kier molecular flexibility index (Phi) is 5.32. The third-order valence-electron chi connectivity index (χ3n) is 3.81. The third kappa shape index (κ3) is 4.36. The van der Waals surface area contributed by atoms with E-state index in [9.17, 15) is 0 Å². The number of rotatable bonds is 5. The van der Waals surface area contributed by atoms with Crippen LogP contribution in [0.2, 0.25) is 0 Å². The number of guanidine groups is 1. The number of hydrogen-bond acceptors (Lipinski definition) is 3. The van der Waals surface area contributed by atoms with Crippen LogP contribution in [0.25, 0.3) is 0 Å². The van der Waals surface area contributed by atoms with Crippen LogP contribution in [0.3, 0.4) is 0 Å². The van der Waals surface area contributed by atoms with Crippen LogP contribution >= 0.6 is 11.3 Å². The topological polar surface area (TPSA) is 39.7 Å². The van der Waals surface area contributed by atoms with E-state index in [2.05, 4.69) is 74.5 Å². The molecule has 3 rings (SSSR count). The summed E-state index contributed by atoms with van der Waals surface area (Å²) in [5, 5.41) is 8.77. The van der Waals surface area contributed by atoms with Crippen molar-refractivity contribution in [1.29, 1.82) is 0 Å². The number of aliphatic imine (C=N–C) groups is 1. The lowest BCUT2D eigenvalue weighted by Crippen LogP contribution is -2.36. The normalized spacial score (nSPS) is 14.3. The predicted octanol–water partition coefficient (Wildman–Crippen LogP) is 2.99. The molecule has 0 bridgehead atoms. The second-order valence-electron chi connectivity index (χ2n) is 5.40. The Bertz CT molecular complexity index is 651. The molecular formula is C18H22N4S. The number of nitrogens with zero attached hydrogens (tertiary/aromatic N) is 2. The van der Waals surface area contributed by atoms with Crippen molar-refractivity contribution < 1.29 is 0 Å². The van der Waals surface area contributed by atoms with Gasteiger partial charge in [0.05, 0.1) is 6.54 Å². The molecule has 0 radical (unpaired) electrons. The molecule has 1 aliphatic rings. The summed E-state index contributed by atoms with van der Waals surface area (Å²) in [5.41, 5.74) is 2.53. The van der Waals surface area contributed by atoms with Gasteiger partial charge in [0.1, 0.15) is 0 Å². The fourth-order valence-corrected chi connectivity index (χ4v) is 3.15. The maximum atomic E-state index is 4.27. The van der Waals surface area contributed by atoms with E-state index < -0.39 is 0 Å². The standard InChI is InChI=1S/C18H22N4S/c1-19-18(21-14-17-5-4-12-23-17)20-13-15-6-8-16(9-7-15)22-10-2-3-11-22/h2-9,12H,10-11,13-14H2,1H3,(H2,19,20,21). The lowest BCUT2D eigenvalue weighted by atomic mass is 10.2. The van der Waals surface area contributed by atoms with E-state index in [1.54, 1.807) is 18.4 Å². The molecule has 4 nitrogen and oxygen atoms in total. The van der Waals surface area contributed by atoms with Gasteiger partial charge in [0.15, 0.2) is 5.96 Å². The van der Waals surface area contributed by atoms with Crippen molar-refractivity contribution >= 4 is 23.0 Å². The average molecular weight is 326 g/mol. The number of anilines is 1. The predicted molar refractivity (Wildman–Crippen MR) is 99.2 cm³/mol. The summed E-state index contributed by atoms with van der Waals surface area (Å²) in [6, 6.07) is 12.9. The van der Waals surface area contributed by atoms with E-state index in [-0.39, 0.29) is 0 Å². The molecule has 0 saturated heterocycles. The molecular weight excluding hydrogens is 304 g/mol. The molecule has 0 saturated carbocycles. The second-order valence-corrected chi connectivity index (χ2v) is 6.43. The van der Waals surface area contributed by atoms with E-state index >= 15 is 0 Å². The van der Waals surface area contributed by atoms with Crippen molar-refractivity contribution in [2.75, 3.05) is 25.0 Å². The van der Waals surface area contributed by atoms with Crippen molar-refractivity contribution in [3.63, 3.8) is 0 Å². The molecule has 0 fully saturated rings. The molecule has 0 aliphatic carbocycles. The first-order chi connectivity index (χ1) is 11.3. The van der Waals surface area contributed by atoms with Gasteiger partial charge in [-0.15, -0.1) is 11.3 Å². The fourth-order valence-electron chi connectivity index (χ4n) is 2.50. The van der Waals surface area contributed by atoms with E-state index in [1.807, 2.05) is 0 Å². The Labute approximate surface area is 141 Å².